The van der Waals surface area contributed by atoms with Crippen LogP contribution in [0.1, 0.15) is 36.0 Å². The Bertz CT molecular complexity index is 996. The van der Waals surface area contributed by atoms with E-state index in [9.17, 15) is 9.59 Å². The van der Waals surface area contributed by atoms with Crippen molar-refractivity contribution in [1.82, 2.24) is 19.6 Å². The fourth-order valence-corrected chi connectivity index (χ4v) is 3.73. The maximum atomic E-state index is 12.1. The van der Waals surface area contributed by atoms with E-state index in [0.29, 0.717) is 22.2 Å². The standard InChI is InChI=1S/C17H19N5O2S2/c1-10(2)16-20-21-17(26-16)19-14(23)9-25-8-12-7-15(24)22-5-4-11(3)6-13(22)18-12/h4-7,10H,8-9H2,1-3H3,(H,19,21,23). The lowest BCUT2D eigenvalue weighted by Crippen LogP contribution is -2.16. The molecule has 0 spiro atoms. The first kappa shape index (κ1) is 18.5. The number of aryl methyl sites for hydroxylation is 1. The van der Waals surface area contributed by atoms with Crippen LogP contribution >= 0.6 is 23.1 Å². The smallest absolute Gasteiger partial charge is 0.258 e. The van der Waals surface area contributed by atoms with E-state index in [1.54, 1.807) is 6.20 Å². The summed E-state index contributed by atoms with van der Waals surface area (Å²) < 4.78 is 1.51. The summed E-state index contributed by atoms with van der Waals surface area (Å²) in [6.45, 7) is 6.02. The van der Waals surface area contributed by atoms with Gasteiger partial charge >= 0.3 is 0 Å². The minimum atomic E-state index is -0.144. The van der Waals surface area contributed by atoms with Crippen molar-refractivity contribution in [2.75, 3.05) is 11.1 Å². The highest BCUT2D eigenvalue weighted by Crippen LogP contribution is 2.22. The minimum Gasteiger partial charge on any atom is -0.300 e. The second kappa shape index (κ2) is 7.96. The summed E-state index contributed by atoms with van der Waals surface area (Å²) in [6, 6.07) is 5.24. The summed E-state index contributed by atoms with van der Waals surface area (Å²) in [6.07, 6.45) is 1.72. The van der Waals surface area contributed by atoms with Crippen LogP contribution in [-0.4, -0.2) is 31.2 Å². The Hall–Kier alpha value is -2.26. The van der Waals surface area contributed by atoms with Gasteiger partial charge in [-0.05, 0) is 24.6 Å². The summed E-state index contributed by atoms with van der Waals surface area (Å²) in [5.74, 6) is 0.885. The van der Waals surface area contributed by atoms with Gasteiger partial charge in [-0.3, -0.25) is 19.3 Å². The molecule has 0 saturated heterocycles. The van der Waals surface area contributed by atoms with Crippen LogP contribution in [-0.2, 0) is 10.5 Å². The molecule has 9 heteroatoms. The maximum absolute atomic E-state index is 12.1. The van der Waals surface area contributed by atoms with E-state index in [1.165, 1.54) is 33.6 Å². The molecule has 0 aliphatic carbocycles. The van der Waals surface area contributed by atoms with Crippen molar-refractivity contribution in [3.8, 4) is 0 Å². The number of hydrogen-bond acceptors (Lipinski definition) is 7. The topological polar surface area (TPSA) is 89.2 Å². The minimum absolute atomic E-state index is 0.120. The fourth-order valence-electron chi connectivity index (χ4n) is 2.25. The molecular weight excluding hydrogens is 370 g/mol. The second-order valence-corrected chi connectivity index (χ2v) is 8.15. The molecule has 0 unspecified atom stereocenters. The number of amides is 1. The number of carbonyl (C=O) groups excluding carboxylic acids is 1. The van der Waals surface area contributed by atoms with Crippen molar-refractivity contribution in [3.63, 3.8) is 0 Å². The molecule has 26 heavy (non-hydrogen) atoms. The van der Waals surface area contributed by atoms with Gasteiger partial charge in [-0.2, -0.15) is 0 Å². The van der Waals surface area contributed by atoms with Crippen molar-refractivity contribution < 1.29 is 4.79 Å². The van der Waals surface area contributed by atoms with Gasteiger partial charge in [0.2, 0.25) is 11.0 Å². The third kappa shape index (κ3) is 4.47. The summed E-state index contributed by atoms with van der Waals surface area (Å²) in [5.41, 5.74) is 2.20. The molecule has 3 rings (SSSR count). The molecule has 0 fully saturated rings. The highest BCUT2D eigenvalue weighted by atomic mass is 32.2. The molecule has 1 N–H and O–H groups in total. The van der Waals surface area contributed by atoms with Crippen molar-refractivity contribution in [1.29, 1.82) is 0 Å². The van der Waals surface area contributed by atoms with E-state index in [-0.39, 0.29) is 23.1 Å². The van der Waals surface area contributed by atoms with Crippen LogP contribution in [0, 0.1) is 6.92 Å². The van der Waals surface area contributed by atoms with Gasteiger partial charge in [0.25, 0.3) is 5.56 Å². The molecule has 0 saturated carbocycles. The third-order valence-corrected chi connectivity index (χ3v) is 5.65. The maximum Gasteiger partial charge on any atom is 0.258 e. The quantitative estimate of drug-likeness (QED) is 0.697. The molecule has 0 atom stereocenters. The predicted molar refractivity (Wildman–Crippen MR) is 105 cm³/mol. The lowest BCUT2D eigenvalue weighted by molar-refractivity contribution is -0.113. The molecule has 0 radical (unpaired) electrons. The van der Waals surface area contributed by atoms with E-state index in [0.717, 1.165) is 10.6 Å². The number of hydrogen-bond donors (Lipinski definition) is 1. The van der Waals surface area contributed by atoms with E-state index >= 15 is 0 Å². The third-order valence-electron chi connectivity index (χ3n) is 3.54. The van der Waals surface area contributed by atoms with Crippen LogP contribution < -0.4 is 10.9 Å². The highest BCUT2D eigenvalue weighted by molar-refractivity contribution is 7.99. The molecule has 0 aliphatic rings. The summed E-state index contributed by atoms with van der Waals surface area (Å²) >= 11 is 2.79. The number of thioether (sulfide) groups is 1. The molecule has 1 amide bonds. The lowest BCUT2D eigenvalue weighted by Gasteiger charge is -2.05. The van der Waals surface area contributed by atoms with Crippen molar-refractivity contribution in [2.45, 2.75) is 32.4 Å². The molecule has 0 bridgehead atoms. The first-order valence-electron chi connectivity index (χ1n) is 8.12. The van der Waals surface area contributed by atoms with E-state index in [4.69, 9.17) is 0 Å². The lowest BCUT2D eigenvalue weighted by atomic mass is 10.2. The number of carbonyl (C=O) groups is 1. The van der Waals surface area contributed by atoms with Crippen molar-refractivity contribution >= 4 is 39.8 Å². The first-order chi connectivity index (χ1) is 12.4. The molecule has 3 aromatic heterocycles. The monoisotopic (exact) mass is 389 g/mol. The number of rotatable bonds is 6. The summed E-state index contributed by atoms with van der Waals surface area (Å²) in [7, 11) is 0. The number of nitrogens with one attached hydrogen (secondary N) is 1. The van der Waals surface area contributed by atoms with E-state index in [1.807, 2.05) is 32.9 Å². The molecule has 136 valence electrons. The number of aromatic nitrogens is 4. The first-order valence-corrected chi connectivity index (χ1v) is 10.1. The Labute approximate surface area is 158 Å². The zero-order chi connectivity index (χ0) is 18.7. The van der Waals surface area contributed by atoms with Crippen molar-refractivity contribution in [3.05, 3.63) is 51.0 Å². The number of fused-ring (bicyclic) bond motifs is 1. The Morgan fingerprint density at radius 3 is 2.88 bits per heavy atom. The molecule has 0 aliphatic heterocycles. The van der Waals surface area contributed by atoms with Gasteiger partial charge in [0.05, 0.1) is 11.4 Å². The zero-order valence-electron chi connectivity index (χ0n) is 14.7. The molecule has 7 nitrogen and oxygen atoms in total. The Balaban J connectivity index is 1.58. The summed E-state index contributed by atoms with van der Waals surface area (Å²) in [5, 5.41) is 12.2. The normalized spacial score (nSPS) is 11.2. The number of anilines is 1. The van der Waals surface area contributed by atoms with E-state index < -0.39 is 0 Å². The van der Waals surface area contributed by atoms with Crippen LogP contribution in [0.25, 0.3) is 5.65 Å². The number of nitrogens with zero attached hydrogens (tertiary/aromatic N) is 4. The van der Waals surface area contributed by atoms with Crippen LogP contribution in [0.4, 0.5) is 5.13 Å². The zero-order valence-corrected chi connectivity index (χ0v) is 16.4. The number of pyridine rings is 1. The highest BCUT2D eigenvalue weighted by Gasteiger charge is 2.11. The predicted octanol–water partition coefficient (Wildman–Crippen LogP) is 2.85. The van der Waals surface area contributed by atoms with Crippen LogP contribution in [0.2, 0.25) is 0 Å². The Kier molecular flexibility index (Phi) is 5.67. The van der Waals surface area contributed by atoms with Gasteiger partial charge in [0, 0.05) is 23.9 Å². The molecule has 3 aromatic rings. The van der Waals surface area contributed by atoms with Gasteiger partial charge in [0.15, 0.2) is 0 Å². The second-order valence-electron chi connectivity index (χ2n) is 6.16. The van der Waals surface area contributed by atoms with Crippen LogP contribution in [0.3, 0.4) is 0 Å². The largest absolute Gasteiger partial charge is 0.300 e. The fraction of sp³-hybridized carbons (Fsp3) is 0.353. The van der Waals surface area contributed by atoms with E-state index in [2.05, 4.69) is 20.5 Å². The van der Waals surface area contributed by atoms with Crippen LogP contribution in [0.5, 0.6) is 0 Å². The van der Waals surface area contributed by atoms with Crippen LogP contribution in [0.15, 0.2) is 29.2 Å². The summed E-state index contributed by atoms with van der Waals surface area (Å²) in [4.78, 5) is 28.6. The average Bonchev–Trinajstić information content (AvgIpc) is 3.03. The van der Waals surface area contributed by atoms with Gasteiger partial charge < -0.3 is 0 Å². The van der Waals surface area contributed by atoms with Gasteiger partial charge in [-0.1, -0.05) is 25.2 Å². The SMILES string of the molecule is Cc1ccn2c(=O)cc(CSCC(=O)Nc3nnc(C(C)C)s3)nc2c1. The van der Waals surface area contributed by atoms with Gasteiger partial charge in [-0.15, -0.1) is 22.0 Å². The average molecular weight is 390 g/mol. The molecule has 0 aromatic carbocycles. The Morgan fingerprint density at radius 2 is 2.15 bits per heavy atom. The molecule has 3 heterocycles. The molecular formula is C17H19N5O2S2. The van der Waals surface area contributed by atoms with Gasteiger partial charge in [-0.25, -0.2) is 4.98 Å². The van der Waals surface area contributed by atoms with Crippen molar-refractivity contribution in [2.24, 2.45) is 0 Å². The Morgan fingerprint density at radius 1 is 1.35 bits per heavy atom. The van der Waals surface area contributed by atoms with Gasteiger partial charge in [0.1, 0.15) is 10.7 Å².